The highest BCUT2D eigenvalue weighted by Crippen LogP contribution is 2.14. The molecule has 0 amide bonds. The predicted octanol–water partition coefficient (Wildman–Crippen LogP) is 17.8. The Kier molecular flexibility index (Phi) is 50.0. The summed E-state index contributed by atoms with van der Waals surface area (Å²) >= 11 is 0. The second kappa shape index (κ2) is 52.9. The van der Waals surface area contributed by atoms with Gasteiger partial charge < -0.3 is 14.2 Å². The van der Waals surface area contributed by atoms with E-state index in [9.17, 15) is 14.4 Å². The van der Waals surface area contributed by atoms with Crippen LogP contribution in [-0.2, 0) is 28.6 Å². The van der Waals surface area contributed by atoms with Crippen LogP contribution in [0.15, 0.2) is 97.2 Å². The molecular formula is C59H98O6. The molecule has 0 bridgehead atoms. The number of carbonyl (C=O) groups excluding carboxylic acids is 3. The fraction of sp³-hybridized carbons (Fsp3) is 0.678. The molecule has 0 radical (unpaired) electrons. The van der Waals surface area contributed by atoms with Crippen LogP contribution in [0.25, 0.3) is 0 Å². The Bertz CT molecular complexity index is 1310. The van der Waals surface area contributed by atoms with Gasteiger partial charge in [0.25, 0.3) is 0 Å². The van der Waals surface area contributed by atoms with Gasteiger partial charge in [0.2, 0.25) is 0 Å². The summed E-state index contributed by atoms with van der Waals surface area (Å²) < 4.78 is 16.7. The van der Waals surface area contributed by atoms with Crippen LogP contribution in [0.3, 0.4) is 0 Å². The van der Waals surface area contributed by atoms with Crippen molar-refractivity contribution < 1.29 is 28.6 Å². The summed E-state index contributed by atoms with van der Waals surface area (Å²) in [6, 6.07) is 0. The molecule has 6 nitrogen and oxygen atoms in total. The fourth-order valence-electron chi connectivity index (χ4n) is 7.07. The van der Waals surface area contributed by atoms with E-state index in [1.165, 1.54) is 89.9 Å². The lowest BCUT2D eigenvalue weighted by atomic mass is 10.1. The minimum atomic E-state index is -0.803. The fourth-order valence-corrected chi connectivity index (χ4v) is 7.07. The zero-order chi connectivity index (χ0) is 47.2. The maximum atomic E-state index is 12.8. The highest BCUT2D eigenvalue weighted by molar-refractivity contribution is 5.71. The number of hydrogen-bond donors (Lipinski definition) is 0. The van der Waals surface area contributed by atoms with Gasteiger partial charge in [0, 0.05) is 19.3 Å². The average molecular weight is 903 g/mol. The Morgan fingerprint density at radius 1 is 0.323 bits per heavy atom. The lowest BCUT2D eigenvalue weighted by Gasteiger charge is -2.18. The molecule has 0 aliphatic carbocycles. The van der Waals surface area contributed by atoms with Gasteiger partial charge >= 0.3 is 17.9 Å². The maximum Gasteiger partial charge on any atom is 0.306 e. The van der Waals surface area contributed by atoms with Crippen molar-refractivity contribution in [3.8, 4) is 0 Å². The predicted molar refractivity (Wildman–Crippen MR) is 279 cm³/mol. The quantitative estimate of drug-likeness (QED) is 0.0262. The summed E-state index contributed by atoms with van der Waals surface area (Å²) in [6.45, 7) is 6.44. The number of rotatable bonds is 47. The first kappa shape index (κ1) is 61.3. The molecule has 370 valence electrons. The Labute approximate surface area is 400 Å². The highest BCUT2D eigenvalue weighted by Gasteiger charge is 2.19. The van der Waals surface area contributed by atoms with Crippen molar-refractivity contribution in [1.29, 1.82) is 0 Å². The van der Waals surface area contributed by atoms with Crippen molar-refractivity contribution in [2.24, 2.45) is 0 Å². The number of unbranched alkanes of at least 4 members (excludes halogenated alkanes) is 20. The number of allylic oxidation sites excluding steroid dienone is 16. The third kappa shape index (κ3) is 51.2. The van der Waals surface area contributed by atoms with Gasteiger partial charge in [0.05, 0.1) is 0 Å². The SMILES string of the molecule is CC/C=C\C/C=C\C/C=C\C/C=C\C/C=C\C/C=C\C/C=C\CCCC(=O)OCC(COC(=O)CCCCCCCCCCCCC)OC(=O)CCCCCCC/C=C\CCCCCC. The van der Waals surface area contributed by atoms with Crippen LogP contribution in [0.2, 0.25) is 0 Å². The van der Waals surface area contributed by atoms with Gasteiger partial charge in [-0.25, -0.2) is 0 Å². The first-order valence-corrected chi connectivity index (χ1v) is 26.7. The Morgan fingerprint density at radius 3 is 1.03 bits per heavy atom. The van der Waals surface area contributed by atoms with E-state index in [-0.39, 0.29) is 37.5 Å². The summed E-state index contributed by atoms with van der Waals surface area (Å²) in [5, 5.41) is 0. The van der Waals surface area contributed by atoms with E-state index in [1.807, 2.05) is 0 Å². The van der Waals surface area contributed by atoms with Crippen LogP contribution < -0.4 is 0 Å². The number of ether oxygens (including phenoxy) is 3. The molecule has 6 heteroatoms. The minimum absolute atomic E-state index is 0.0979. The first-order valence-electron chi connectivity index (χ1n) is 26.7. The summed E-state index contributed by atoms with van der Waals surface area (Å²) in [4.78, 5) is 37.9. The molecule has 0 aromatic rings. The molecule has 0 rings (SSSR count). The zero-order valence-electron chi connectivity index (χ0n) is 42.2. The summed E-state index contributed by atoms with van der Waals surface area (Å²) in [6.07, 6.45) is 69.7. The van der Waals surface area contributed by atoms with Crippen molar-refractivity contribution in [3.63, 3.8) is 0 Å². The molecule has 0 saturated carbocycles. The summed E-state index contributed by atoms with van der Waals surface area (Å²) in [5.74, 6) is -0.971. The van der Waals surface area contributed by atoms with Gasteiger partial charge in [-0.3, -0.25) is 14.4 Å². The second-order valence-corrected chi connectivity index (χ2v) is 17.4. The van der Waals surface area contributed by atoms with Crippen molar-refractivity contribution in [3.05, 3.63) is 97.2 Å². The third-order valence-electron chi connectivity index (χ3n) is 11.1. The summed E-state index contributed by atoms with van der Waals surface area (Å²) in [7, 11) is 0. The van der Waals surface area contributed by atoms with Gasteiger partial charge in [0.1, 0.15) is 13.2 Å². The molecule has 0 fully saturated rings. The lowest BCUT2D eigenvalue weighted by Crippen LogP contribution is -2.30. The van der Waals surface area contributed by atoms with Crippen molar-refractivity contribution in [1.82, 2.24) is 0 Å². The topological polar surface area (TPSA) is 78.9 Å². The van der Waals surface area contributed by atoms with Gasteiger partial charge in [-0.05, 0) is 96.3 Å². The smallest absolute Gasteiger partial charge is 0.306 e. The van der Waals surface area contributed by atoms with E-state index < -0.39 is 6.10 Å². The molecule has 0 N–H and O–H groups in total. The van der Waals surface area contributed by atoms with Crippen LogP contribution in [0.1, 0.15) is 239 Å². The number of carbonyl (C=O) groups is 3. The molecule has 0 aliphatic rings. The number of esters is 3. The normalized spacial score (nSPS) is 12.8. The minimum Gasteiger partial charge on any atom is -0.462 e. The Morgan fingerprint density at radius 2 is 0.615 bits per heavy atom. The summed E-state index contributed by atoms with van der Waals surface area (Å²) in [5.41, 5.74) is 0. The molecule has 0 heterocycles. The van der Waals surface area contributed by atoms with Crippen LogP contribution in [0.4, 0.5) is 0 Å². The number of hydrogen-bond acceptors (Lipinski definition) is 6. The Hall–Kier alpha value is -3.67. The zero-order valence-corrected chi connectivity index (χ0v) is 42.2. The molecule has 0 aromatic carbocycles. The van der Waals surface area contributed by atoms with Crippen molar-refractivity contribution in [2.75, 3.05) is 13.2 Å². The first-order chi connectivity index (χ1) is 32.0. The van der Waals surface area contributed by atoms with Crippen molar-refractivity contribution >= 4 is 17.9 Å². The van der Waals surface area contributed by atoms with E-state index in [0.29, 0.717) is 19.3 Å². The van der Waals surface area contributed by atoms with Crippen LogP contribution in [0.5, 0.6) is 0 Å². The van der Waals surface area contributed by atoms with Crippen LogP contribution in [0, 0.1) is 0 Å². The van der Waals surface area contributed by atoms with Crippen LogP contribution >= 0.6 is 0 Å². The second-order valence-electron chi connectivity index (χ2n) is 17.4. The lowest BCUT2D eigenvalue weighted by molar-refractivity contribution is -0.167. The maximum absolute atomic E-state index is 12.8. The highest BCUT2D eigenvalue weighted by atomic mass is 16.6. The molecular weight excluding hydrogens is 805 g/mol. The molecule has 0 aliphatic heterocycles. The Balaban J connectivity index is 4.44. The van der Waals surface area contributed by atoms with E-state index >= 15 is 0 Å². The largest absolute Gasteiger partial charge is 0.462 e. The van der Waals surface area contributed by atoms with Crippen molar-refractivity contribution in [2.45, 2.75) is 245 Å². The molecule has 65 heavy (non-hydrogen) atoms. The molecule has 0 aromatic heterocycles. The van der Waals surface area contributed by atoms with Gasteiger partial charge in [-0.1, -0.05) is 221 Å². The average Bonchev–Trinajstić information content (AvgIpc) is 3.30. The molecule has 1 unspecified atom stereocenters. The van der Waals surface area contributed by atoms with Gasteiger partial charge in [-0.2, -0.15) is 0 Å². The van der Waals surface area contributed by atoms with Gasteiger partial charge in [-0.15, -0.1) is 0 Å². The van der Waals surface area contributed by atoms with E-state index in [4.69, 9.17) is 14.2 Å². The van der Waals surface area contributed by atoms with E-state index in [2.05, 4.69) is 118 Å². The molecule has 0 saturated heterocycles. The monoisotopic (exact) mass is 903 g/mol. The van der Waals surface area contributed by atoms with E-state index in [0.717, 1.165) is 103 Å². The van der Waals surface area contributed by atoms with E-state index in [1.54, 1.807) is 0 Å². The molecule has 0 spiro atoms. The standard InChI is InChI=1S/C59H98O6/c1-4-7-10-13-16-19-22-24-25-26-27-28-29-30-31-32-33-35-37-40-43-46-49-52-58(61)64-55-56(54-63-57(60)51-48-45-42-39-36-21-18-15-12-9-6-3)65-59(62)53-50-47-44-41-38-34-23-20-17-14-11-8-5-2/h7,10,16,19-20,23-25,27-28,30-31,33,35,40,43,56H,4-6,8-9,11-15,17-18,21-22,26,29,32,34,36-39,41-42,44-55H2,1-3H3/b10-7-,19-16-,23-20-,25-24-,28-27-,31-30-,35-33-,43-40-. The van der Waals surface area contributed by atoms with Crippen LogP contribution in [-0.4, -0.2) is 37.2 Å². The molecule has 1 atom stereocenters. The third-order valence-corrected chi connectivity index (χ3v) is 11.1. The van der Waals surface area contributed by atoms with Gasteiger partial charge in [0.15, 0.2) is 6.10 Å².